The second-order valence-corrected chi connectivity index (χ2v) is 7.27. The topological polar surface area (TPSA) is 69.6 Å². The van der Waals surface area contributed by atoms with Crippen molar-refractivity contribution in [3.63, 3.8) is 0 Å². The van der Waals surface area contributed by atoms with E-state index in [0.717, 1.165) is 12.8 Å². The van der Waals surface area contributed by atoms with Crippen molar-refractivity contribution in [2.45, 2.75) is 51.6 Å². The number of nitrogens with one attached hydrogen (secondary N) is 1. The van der Waals surface area contributed by atoms with Crippen molar-refractivity contribution in [1.82, 2.24) is 10.2 Å². The van der Waals surface area contributed by atoms with Gasteiger partial charge in [-0.2, -0.15) is 0 Å². The molecule has 0 aliphatic carbocycles. The van der Waals surface area contributed by atoms with Crippen LogP contribution in [0.2, 0.25) is 0 Å². The number of thiophene rings is 1. The van der Waals surface area contributed by atoms with Crippen molar-refractivity contribution >= 4 is 23.3 Å². The molecule has 116 valence electrons. The van der Waals surface area contributed by atoms with Crippen LogP contribution in [0.4, 0.5) is 4.79 Å². The highest BCUT2D eigenvalue weighted by atomic mass is 32.1. The molecule has 2 amide bonds. The molecule has 0 aromatic carbocycles. The Labute approximate surface area is 129 Å². The SMILES string of the molecule is Cc1ccc(CC(C)NC(=O)N2CCCC2(C)C(=O)O)s1. The number of nitrogens with zero attached hydrogens (tertiary/aromatic N) is 1. The molecule has 2 atom stereocenters. The van der Waals surface area contributed by atoms with Crippen molar-refractivity contribution in [1.29, 1.82) is 0 Å². The molecular formula is C15H22N2O3S. The lowest BCUT2D eigenvalue weighted by Gasteiger charge is -2.32. The molecule has 2 unspecified atom stereocenters. The standard InChI is InChI=1S/C15H22N2O3S/c1-10(9-12-6-5-11(2)21-12)16-14(20)17-8-4-7-15(17,3)13(18)19/h5-6,10H,4,7-9H2,1-3H3,(H,16,20)(H,18,19). The Kier molecular flexibility index (Phi) is 4.56. The average molecular weight is 310 g/mol. The molecule has 0 bridgehead atoms. The maximum atomic E-state index is 12.3. The maximum Gasteiger partial charge on any atom is 0.329 e. The van der Waals surface area contributed by atoms with Gasteiger partial charge in [-0.15, -0.1) is 11.3 Å². The Morgan fingerprint density at radius 3 is 2.81 bits per heavy atom. The van der Waals surface area contributed by atoms with Crippen LogP contribution in [0.25, 0.3) is 0 Å². The summed E-state index contributed by atoms with van der Waals surface area (Å²) in [6.07, 6.45) is 2.00. The zero-order valence-corrected chi connectivity index (χ0v) is 13.5. The van der Waals surface area contributed by atoms with Crippen LogP contribution in [0.1, 0.15) is 36.4 Å². The van der Waals surface area contributed by atoms with Gasteiger partial charge in [0, 0.05) is 28.8 Å². The summed E-state index contributed by atoms with van der Waals surface area (Å²) in [6, 6.07) is 3.84. The molecule has 6 heteroatoms. The molecule has 1 saturated heterocycles. The van der Waals surface area contributed by atoms with E-state index >= 15 is 0 Å². The van der Waals surface area contributed by atoms with Gasteiger partial charge < -0.3 is 15.3 Å². The van der Waals surface area contributed by atoms with E-state index in [1.807, 2.05) is 6.92 Å². The van der Waals surface area contributed by atoms with E-state index in [1.165, 1.54) is 14.7 Å². The molecule has 1 aromatic heterocycles. The first-order valence-electron chi connectivity index (χ1n) is 7.20. The summed E-state index contributed by atoms with van der Waals surface area (Å²) >= 11 is 1.72. The highest BCUT2D eigenvalue weighted by Gasteiger charge is 2.46. The molecule has 1 aromatic rings. The van der Waals surface area contributed by atoms with E-state index in [0.29, 0.717) is 13.0 Å². The van der Waals surface area contributed by atoms with E-state index in [2.05, 4.69) is 24.4 Å². The zero-order chi connectivity index (χ0) is 15.6. The number of aliphatic carboxylic acids is 1. The van der Waals surface area contributed by atoms with Crippen LogP contribution in [0.5, 0.6) is 0 Å². The summed E-state index contributed by atoms with van der Waals surface area (Å²) in [5.41, 5.74) is -1.08. The van der Waals surface area contributed by atoms with E-state index in [9.17, 15) is 14.7 Å². The fourth-order valence-electron chi connectivity index (χ4n) is 2.75. The van der Waals surface area contributed by atoms with Gasteiger partial charge in [-0.25, -0.2) is 9.59 Å². The molecule has 2 heterocycles. The van der Waals surface area contributed by atoms with E-state index in [4.69, 9.17) is 0 Å². The smallest absolute Gasteiger partial charge is 0.329 e. The molecule has 1 aliphatic heterocycles. The van der Waals surface area contributed by atoms with Crippen molar-refractivity contribution in [2.24, 2.45) is 0 Å². The lowest BCUT2D eigenvalue weighted by molar-refractivity contribution is -0.147. The summed E-state index contributed by atoms with van der Waals surface area (Å²) in [6.45, 7) is 6.12. The fraction of sp³-hybridized carbons (Fsp3) is 0.600. The predicted molar refractivity (Wildman–Crippen MR) is 82.7 cm³/mol. The fourth-order valence-corrected chi connectivity index (χ4v) is 3.77. The van der Waals surface area contributed by atoms with Gasteiger partial charge in [0.2, 0.25) is 0 Å². The molecule has 1 aliphatic rings. The number of aryl methyl sites for hydroxylation is 1. The van der Waals surface area contributed by atoms with Gasteiger partial charge in [0.15, 0.2) is 0 Å². The number of carboxylic acid groups (broad SMARTS) is 1. The van der Waals surface area contributed by atoms with Crippen LogP contribution in [0.15, 0.2) is 12.1 Å². The van der Waals surface area contributed by atoms with Crippen LogP contribution >= 0.6 is 11.3 Å². The first kappa shape index (κ1) is 15.8. The minimum absolute atomic E-state index is 0.0193. The Morgan fingerprint density at radius 1 is 1.52 bits per heavy atom. The van der Waals surface area contributed by atoms with Crippen LogP contribution in [-0.4, -0.2) is 40.1 Å². The Morgan fingerprint density at radius 2 is 2.24 bits per heavy atom. The van der Waals surface area contributed by atoms with Crippen LogP contribution in [-0.2, 0) is 11.2 Å². The molecule has 5 nitrogen and oxygen atoms in total. The van der Waals surface area contributed by atoms with Crippen molar-refractivity contribution in [3.8, 4) is 0 Å². The molecular weight excluding hydrogens is 288 g/mol. The lowest BCUT2D eigenvalue weighted by atomic mass is 10.00. The zero-order valence-electron chi connectivity index (χ0n) is 12.7. The Balaban J connectivity index is 1.96. The normalized spacial score (nSPS) is 23.1. The van der Waals surface area contributed by atoms with Crippen molar-refractivity contribution < 1.29 is 14.7 Å². The van der Waals surface area contributed by atoms with Gasteiger partial charge in [-0.05, 0) is 45.7 Å². The number of carbonyl (C=O) groups excluding carboxylic acids is 1. The summed E-state index contributed by atoms with van der Waals surface area (Å²) in [5.74, 6) is -0.934. The van der Waals surface area contributed by atoms with E-state index in [1.54, 1.807) is 18.3 Å². The number of hydrogen-bond acceptors (Lipinski definition) is 3. The van der Waals surface area contributed by atoms with Gasteiger partial charge in [0.05, 0.1) is 0 Å². The summed E-state index contributed by atoms with van der Waals surface area (Å²) < 4.78 is 0. The number of carboxylic acids is 1. The summed E-state index contributed by atoms with van der Waals surface area (Å²) in [7, 11) is 0. The molecule has 2 rings (SSSR count). The molecule has 0 spiro atoms. The van der Waals surface area contributed by atoms with E-state index in [-0.39, 0.29) is 12.1 Å². The number of likely N-dealkylation sites (tertiary alicyclic amines) is 1. The van der Waals surface area contributed by atoms with E-state index < -0.39 is 11.5 Å². The second-order valence-electron chi connectivity index (χ2n) is 5.90. The van der Waals surface area contributed by atoms with Gasteiger partial charge in [0.25, 0.3) is 0 Å². The third-order valence-corrected chi connectivity index (χ3v) is 5.04. The van der Waals surface area contributed by atoms with Crippen molar-refractivity contribution in [2.75, 3.05) is 6.54 Å². The average Bonchev–Trinajstić information content (AvgIpc) is 2.96. The molecule has 1 fully saturated rings. The highest BCUT2D eigenvalue weighted by Crippen LogP contribution is 2.29. The monoisotopic (exact) mass is 310 g/mol. The summed E-state index contributed by atoms with van der Waals surface area (Å²) in [4.78, 5) is 27.6. The predicted octanol–water partition coefficient (Wildman–Crippen LogP) is 2.64. The third kappa shape index (κ3) is 3.37. The largest absolute Gasteiger partial charge is 0.480 e. The molecule has 2 N–H and O–H groups in total. The molecule has 21 heavy (non-hydrogen) atoms. The first-order chi connectivity index (χ1) is 9.83. The number of urea groups is 1. The minimum atomic E-state index is -1.08. The summed E-state index contributed by atoms with van der Waals surface area (Å²) in [5, 5.41) is 12.3. The Hall–Kier alpha value is -1.56. The highest BCUT2D eigenvalue weighted by molar-refractivity contribution is 7.11. The second kappa shape index (κ2) is 6.05. The minimum Gasteiger partial charge on any atom is -0.480 e. The first-order valence-corrected chi connectivity index (χ1v) is 8.01. The quantitative estimate of drug-likeness (QED) is 0.898. The van der Waals surface area contributed by atoms with Crippen LogP contribution in [0.3, 0.4) is 0 Å². The van der Waals surface area contributed by atoms with Gasteiger partial charge in [-0.1, -0.05) is 0 Å². The maximum absolute atomic E-state index is 12.3. The molecule has 0 radical (unpaired) electrons. The van der Waals surface area contributed by atoms with Gasteiger partial charge in [-0.3, -0.25) is 0 Å². The molecule has 0 saturated carbocycles. The lowest BCUT2D eigenvalue weighted by Crippen LogP contribution is -2.55. The van der Waals surface area contributed by atoms with Gasteiger partial charge >= 0.3 is 12.0 Å². The van der Waals surface area contributed by atoms with Crippen LogP contribution in [0, 0.1) is 6.92 Å². The number of hydrogen-bond donors (Lipinski definition) is 2. The Bertz CT molecular complexity index is 543. The van der Waals surface area contributed by atoms with Crippen LogP contribution < -0.4 is 5.32 Å². The third-order valence-electron chi connectivity index (χ3n) is 4.02. The number of rotatable bonds is 4. The van der Waals surface area contributed by atoms with Gasteiger partial charge in [0.1, 0.15) is 5.54 Å². The number of amides is 2. The van der Waals surface area contributed by atoms with Crippen molar-refractivity contribution in [3.05, 3.63) is 21.9 Å². The number of carbonyl (C=O) groups is 2.